The Hall–Kier alpha value is -3.85. The highest BCUT2D eigenvalue weighted by Crippen LogP contribution is 2.28. The second-order valence-electron chi connectivity index (χ2n) is 9.50. The Morgan fingerprint density at radius 3 is 2.47 bits per heavy atom. The number of amides is 1. The SMILES string of the molecule is O=C1CCc2ccccc2N1CCCCN1CCN(c2ccc3cc4oc(=O)c(=O)on4c3c2)CC1. The number of para-hydroxylation sites is 1. The number of anilines is 2. The quantitative estimate of drug-likeness (QED) is 0.304. The minimum Gasteiger partial charge on any atom is -0.398 e. The smallest absolute Gasteiger partial charge is 0.398 e. The number of hydrogen-bond donors (Lipinski definition) is 0. The maximum Gasteiger partial charge on any atom is 0.442 e. The first-order valence-electron chi connectivity index (χ1n) is 12.5. The summed E-state index contributed by atoms with van der Waals surface area (Å²) < 4.78 is 11.5. The lowest BCUT2D eigenvalue weighted by Crippen LogP contribution is -2.46. The summed E-state index contributed by atoms with van der Waals surface area (Å²) in [5, 5.41) is 0.838. The third-order valence-electron chi connectivity index (χ3n) is 7.29. The van der Waals surface area contributed by atoms with Crippen molar-refractivity contribution in [2.24, 2.45) is 0 Å². The molecule has 0 N–H and O–H groups in total. The van der Waals surface area contributed by atoms with E-state index in [1.807, 2.05) is 35.2 Å². The first kappa shape index (κ1) is 22.6. The maximum atomic E-state index is 12.5. The number of aromatic nitrogens is 1. The van der Waals surface area contributed by atoms with Gasteiger partial charge in [0.1, 0.15) is 0 Å². The van der Waals surface area contributed by atoms with Crippen molar-refractivity contribution in [2.45, 2.75) is 25.7 Å². The number of aryl methyl sites for hydroxylation is 1. The Bertz CT molecular complexity index is 1540. The Morgan fingerprint density at radius 2 is 1.61 bits per heavy atom. The van der Waals surface area contributed by atoms with Gasteiger partial charge in [-0.1, -0.05) is 24.3 Å². The molecule has 2 aromatic heterocycles. The molecule has 0 saturated carbocycles. The molecular formula is C27H28N4O5. The Balaban J connectivity index is 1.04. The van der Waals surface area contributed by atoms with Crippen molar-refractivity contribution in [2.75, 3.05) is 49.1 Å². The van der Waals surface area contributed by atoms with Gasteiger partial charge in [0.15, 0.2) is 0 Å². The fraction of sp³-hybridized carbons (Fsp3) is 0.370. The molecule has 0 bridgehead atoms. The summed E-state index contributed by atoms with van der Waals surface area (Å²) in [5.74, 6) is 0.233. The molecule has 0 aliphatic carbocycles. The second-order valence-corrected chi connectivity index (χ2v) is 9.50. The third-order valence-corrected chi connectivity index (χ3v) is 7.29. The van der Waals surface area contributed by atoms with Crippen LogP contribution in [0.4, 0.5) is 11.4 Å². The molecular weight excluding hydrogens is 460 g/mol. The van der Waals surface area contributed by atoms with Gasteiger partial charge in [0.2, 0.25) is 11.6 Å². The molecule has 4 heterocycles. The number of benzene rings is 2. The van der Waals surface area contributed by atoms with E-state index in [0.29, 0.717) is 11.9 Å². The number of rotatable bonds is 6. The lowest BCUT2D eigenvalue weighted by molar-refractivity contribution is -0.118. The third kappa shape index (κ3) is 4.19. The molecule has 2 aromatic carbocycles. The molecule has 6 rings (SSSR count). The fourth-order valence-electron chi connectivity index (χ4n) is 5.34. The zero-order valence-electron chi connectivity index (χ0n) is 20.0. The van der Waals surface area contributed by atoms with Crippen LogP contribution in [0, 0.1) is 0 Å². The van der Waals surface area contributed by atoms with Crippen molar-refractivity contribution >= 4 is 33.9 Å². The number of nitrogens with zero attached hydrogens (tertiary/aromatic N) is 4. The predicted octanol–water partition coefficient (Wildman–Crippen LogP) is 2.88. The molecule has 1 fully saturated rings. The van der Waals surface area contributed by atoms with E-state index in [2.05, 4.69) is 21.9 Å². The number of carbonyl (C=O) groups is 1. The summed E-state index contributed by atoms with van der Waals surface area (Å²) in [6.45, 7) is 5.50. The van der Waals surface area contributed by atoms with Crippen LogP contribution in [0.1, 0.15) is 24.8 Å². The van der Waals surface area contributed by atoms with Crippen LogP contribution in [-0.4, -0.2) is 54.6 Å². The molecule has 0 atom stereocenters. The average molecular weight is 489 g/mol. The number of unbranched alkanes of at least 4 members (excludes halogenated alkanes) is 1. The molecule has 186 valence electrons. The first-order chi connectivity index (χ1) is 17.6. The molecule has 36 heavy (non-hydrogen) atoms. The number of carbonyl (C=O) groups excluding carboxylic acids is 1. The van der Waals surface area contributed by atoms with E-state index in [4.69, 9.17) is 8.94 Å². The Labute approximate surface area is 207 Å². The van der Waals surface area contributed by atoms with Crippen molar-refractivity contribution in [3.05, 3.63) is 74.9 Å². The Kier molecular flexibility index (Phi) is 5.85. The van der Waals surface area contributed by atoms with Gasteiger partial charge < -0.3 is 18.7 Å². The average Bonchev–Trinajstić information content (AvgIpc) is 3.24. The van der Waals surface area contributed by atoms with Gasteiger partial charge in [-0.25, -0.2) is 9.59 Å². The largest absolute Gasteiger partial charge is 0.442 e. The van der Waals surface area contributed by atoms with Gasteiger partial charge in [0, 0.05) is 62.0 Å². The molecule has 1 amide bonds. The minimum atomic E-state index is -1.02. The van der Waals surface area contributed by atoms with Crippen LogP contribution in [0.25, 0.3) is 16.6 Å². The summed E-state index contributed by atoms with van der Waals surface area (Å²) >= 11 is 0. The van der Waals surface area contributed by atoms with Crippen molar-refractivity contribution in [3.63, 3.8) is 0 Å². The minimum absolute atomic E-state index is 0.214. The van der Waals surface area contributed by atoms with Crippen LogP contribution in [0.3, 0.4) is 0 Å². The first-order valence-corrected chi connectivity index (χ1v) is 12.5. The van der Waals surface area contributed by atoms with Crippen molar-refractivity contribution < 1.29 is 13.7 Å². The van der Waals surface area contributed by atoms with E-state index in [1.165, 1.54) is 10.1 Å². The summed E-state index contributed by atoms with van der Waals surface area (Å²) in [6, 6.07) is 15.9. The molecule has 0 spiro atoms. The summed E-state index contributed by atoms with van der Waals surface area (Å²) in [7, 11) is 0. The van der Waals surface area contributed by atoms with Crippen molar-refractivity contribution in [1.29, 1.82) is 0 Å². The molecule has 2 aliphatic rings. The summed E-state index contributed by atoms with van der Waals surface area (Å²) in [5.41, 5.74) is 2.27. The fourth-order valence-corrected chi connectivity index (χ4v) is 5.34. The number of piperazine rings is 1. The van der Waals surface area contributed by atoms with Crippen molar-refractivity contribution in [1.82, 2.24) is 9.47 Å². The van der Waals surface area contributed by atoms with Gasteiger partial charge >= 0.3 is 11.3 Å². The lowest BCUT2D eigenvalue weighted by Gasteiger charge is -2.36. The van der Waals surface area contributed by atoms with E-state index in [0.717, 1.165) is 75.3 Å². The van der Waals surface area contributed by atoms with Crippen LogP contribution in [0.15, 0.2) is 67.1 Å². The van der Waals surface area contributed by atoms with E-state index in [-0.39, 0.29) is 11.6 Å². The van der Waals surface area contributed by atoms with Crippen LogP contribution in [-0.2, 0) is 11.2 Å². The van der Waals surface area contributed by atoms with Gasteiger partial charge in [-0.3, -0.25) is 9.69 Å². The standard InChI is InChI=1S/C27H28N4O5/c32-24-10-8-19-5-1-2-6-22(19)30(24)12-4-3-11-28-13-15-29(16-14-28)21-9-7-20-17-25-31(23(20)18-21)36-27(34)26(33)35-25/h1-2,5-7,9,17-18H,3-4,8,10-16H2. The monoisotopic (exact) mass is 488 g/mol. The molecule has 0 radical (unpaired) electrons. The lowest BCUT2D eigenvalue weighted by atomic mass is 10.0. The number of fused-ring (bicyclic) bond motifs is 4. The van der Waals surface area contributed by atoms with E-state index >= 15 is 0 Å². The highest BCUT2D eigenvalue weighted by atomic mass is 16.5. The van der Waals surface area contributed by atoms with Gasteiger partial charge in [0.25, 0.3) is 0 Å². The second kappa shape index (κ2) is 9.31. The summed E-state index contributed by atoms with van der Waals surface area (Å²) in [4.78, 5) is 42.3. The van der Waals surface area contributed by atoms with Crippen LogP contribution in [0.2, 0.25) is 0 Å². The zero-order valence-corrected chi connectivity index (χ0v) is 20.0. The van der Waals surface area contributed by atoms with Gasteiger partial charge in [-0.15, -0.1) is 4.57 Å². The number of hydrogen-bond acceptors (Lipinski definition) is 7. The molecule has 9 nitrogen and oxygen atoms in total. The van der Waals surface area contributed by atoms with Gasteiger partial charge in [-0.05, 0) is 49.6 Å². The molecule has 9 heteroatoms. The molecule has 4 aromatic rings. The van der Waals surface area contributed by atoms with Crippen LogP contribution in [0.5, 0.6) is 0 Å². The highest BCUT2D eigenvalue weighted by Gasteiger charge is 2.23. The van der Waals surface area contributed by atoms with Crippen molar-refractivity contribution in [3.8, 4) is 0 Å². The molecule has 2 aliphatic heterocycles. The summed E-state index contributed by atoms with van der Waals surface area (Å²) in [6.07, 6.45) is 3.48. The normalized spacial score (nSPS) is 16.7. The van der Waals surface area contributed by atoms with E-state index < -0.39 is 11.3 Å². The zero-order chi connectivity index (χ0) is 24.6. The van der Waals surface area contributed by atoms with Crippen LogP contribution >= 0.6 is 0 Å². The van der Waals surface area contributed by atoms with Gasteiger partial charge in [0.05, 0.1) is 5.52 Å². The topological polar surface area (TPSA) is 91.6 Å². The maximum absolute atomic E-state index is 12.5. The predicted molar refractivity (Wildman–Crippen MR) is 137 cm³/mol. The van der Waals surface area contributed by atoms with E-state index in [9.17, 15) is 14.4 Å². The Morgan fingerprint density at radius 1 is 0.806 bits per heavy atom. The van der Waals surface area contributed by atoms with Gasteiger partial charge in [-0.2, -0.15) is 0 Å². The van der Waals surface area contributed by atoms with E-state index in [1.54, 1.807) is 6.07 Å². The molecule has 1 saturated heterocycles. The molecule has 0 unspecified atom stereocenters. The van der Waals surface area contributed by atoms with Crippen LogP contribution < -0.4 is 21.1 Å². The highest BCUT2D eigenvalue weighted by molar-refractivity contribution is 5.96.